The van der Waals surface area contributed by atoms with Crippen molar-refractivity contribution in [3.63, 3.8) is 0 Å². The molecule has 1 saturated heterocycles. The maximum atomic E-state index is 12.6. The number of esters is 1. The molecule has 1 N–H and O–H groups in total. The van der Waals surface area contributed by atoms with Gasteiger partial charge < -0.3 is 19.5 Å². The highest BCUT2D eigenvalue weighted by molar-refractivity contribution is 6.29. The minimum Gasteiger partial charge on any atom is -0.468 e. The van der Waals surface area contributed by atoms with Gasteiger partial charge in [-0.25, -0.2) is 9.78 Å². The number of likely N-dealkylation sites (tertiary alicyclic amines) is 1. The number of aliphatic hydroxyl groups excluding tert-OH is 1. The highest BCUT2D eigenvalue weighted by Crippen LogP contribution is 2.36. The first-order valence-corrected chi connectivity index (χ1v) is 8.35. The quantitative estimate of drug-likeness (QED) is 0.633. The molecule has 7 nitrogen and oxygen atoms in total. The van der Waals surface area contributed by atoms with Gasteiger partial charge in [0.25, 0.3) is 0 Å². The second-order valence-electron chi connectivity index (χ2n) is 7.01. The van der Waals surface area contributed by atoms with E-state index >= 15 is 0 Å². The van der Waals surface area contributed by atoms with Crippen LogP contribution in [-0.2, 0) is 19.7 Å². The van der Waals surface area contributed by atoms with Gasteiger partial charge in [-0.1, -0.05) is 17.7 Å². The maximum absolute atomic E-state index is 12.6. The Bertz CT molecular complexity index is 661. The molecule has 0 bridgehead atoms. The molecule has 0 spiro atoms. The first-order valence-electron chi connectivity index (χ1n) is 7.97. The number of methoxy groups -OCH3 is 1. The molecule has 0 radical (unpaired) electrons. The molecule has 2 rings (SSSR count). The molecule has 2 atom stereocenters. The van der Waals surface area contributed by atoms with E-state index in [2.05, 4.69) is 4.98 Å². The van der Waals surface area contributed by atoms with Gasteiger partial charge in [-0.15, -0.1) is 0 Å². The molecule has 1 fully saturated rings. The lowest BCUT2D eigenvalue weighted by Crippen LogP contribution is -2.61. The Hall–Kier alpha value is -1.86. The lowest BCUT2D eigenvalue weighted by atomic mass is 9.74. The first-order chi connectivity index (χ1) is 11.6. The smallest absolute Gasteiger partial charge is 0.410 e. The Morgan fingerprint density at radius 3 is 2.64 bits per heavy atom. The van der Waals surface area contributed by atoms with Gasteiger partial charge in [0.15, 0.2) is 5.41 Å². The highest BCUT2D eigenvalue weighted by Gasteiger charge is 2.54. The zero-order valence-corrected chi connectivity index (χ0v) is 15.5. The van der Waals surface area contributed by atoms with E-state index < -0.39 is 29.2 Å². The normalized spacial score (nSPS) is 23.9. The predicted octanol–water partition coefficient (Wildman–Crippen LogP) is 2.15. The molecule has 1 aromatic heterocycles. The summed E-state index contributed by atoms with van der Waals surface area (Å²) in [5.41, 5.74) is -1.93. The van der Waals surface area contributed by atoms with Gasteiger partial charge in [0.1, 0.15) is 10.8 Å². The molecule has 2 heterocycles. The number of nitrogens with zero attached hydrogens (tertiary/aromatic N) is 2. The molecular formula is C17H23ClN2O5. The summed E-state index contributed by atoms with van der Waals surface area (Å²) in [5.74, 6) is -0.678. The second kappa shape index (κ2) is 7.17. The SMILES string of the molecule is COC(=O)C1(c2cccc(Cl)n2)CN(C(=O)OC(C)(C)C)CCC1O. The van der Waals surface area contributed by atoms with Crippen molar-refractivity contribution < 1.29 is 24.2 Å². The van der Waals surface area contributed by atoms with Crippen LogP contribution in [0.1, 0.15) is 32.9 Å². The Morgan fingerprint density at radius 1 is 1.40 bits per heavy atom. The van der Waals surface area contributed by atoms with Crippen molar-refractivity contribution in [1.29, 1.82) is 0 Å². The van der Waals surface area contributed by atoms with Crippen molar-refractivity contribution in [3.05, 3.63) is 29.0 Å². The molecule has 25 heavy (non-hydrogen) atoms. The number of rotatable bonds is 2. The fourth-order valence-electron chi connectivity index (χ4n) is 2.89. The number of aliphatic hydroxyl groups is 1. The zero-order chi connectivity index (χ0) is 18.8. The zero-order valence-electron chi connectivity index (χ0n) is 14.8. The molecule has 2 unspecified atom stereocenters. The van der Waals surface area contributed by atoms with Crippen LogP contribution in [0.2, 0.25) is 5.15 Å². The number of pyridine rings is 1. The van der Waals surface area contributed by atoms with Gasteiger partial charge in [-0.2, -0.15) is 0 Å². The van der Waals surface area contributed by atoms with Crippen LogP contribution in [0.5, 0.6) is 0 Å². The van der Waals surface area contributed by atoms with Crippen LogP contribution in [-0.4, -0.2) is 59.0 Å². The summed E-state index contributed by atoms with van der Waals surface area (Å²) in [6.07, 6.45) is -1.44. The largest absolute Gasteiger partial charge is 0.468 e. The summed E-state index contributed by atoms with van der Waals surface area (Å²) in [7, 11) is 1.23. The number of carbonyl (C=O) groups excluding carboxylic acids is 2. The van der Waals surface area contributed by atoms with Crippen LogP contribution >= 0.6 is 11.6 Å². The number of aromatic nitrogens is 1. The van der Waals surface area contributed by atoms with E-state index in [1.165, 1.54) is 12.0 Å². The predicted molar refractivity (Wildman–Crippen MR) is 91.4 cm³/mol. The summed E-state index contributed by atoms with van der Waals surface area (Å²) in [6, 6.07) is 4.79. The van der Waals surface area contributed by atoms with Gasteiger partial charge in [-0.05, 0) is 39.3 Å². The fourth-order valence-corrected chi connectivity index (χ4v) is 3.05. The molecule has 1 aromatic rings. The van der Waals surface area contributed by atoms with Crippen molar-refractivity contribution >= 4 is 23.7 Å². The third-order valence-corrected chi connectivity index (χ3v) is 4.27. The summed E-state index contributed by atoms with van der Waals surface area (Å²) >= 11 is 5.96. The summed E-state index contributed by atoms with van der Waals surface area (Å²) in [6.45, 7) is 5.43. The van der Waals surface area contributed by atoms with E-state index in [4.69, 9.17) is 21.1 Å². The summed E-state index contributed by atoms with van der Waals surface area (Å²) < 4.78 is 10.3. The average Bonchev–Trinajstić information content (AvgIpc) is 2.53. The van der Waals surface area contributed by atoms with E-state index in [0.29, 0.717) is 0 Å². The summed E-state index contributed by atoms with van der Waals surface area (Å²) in [4.78, 5) is 30.6. The lowest BCUT2D eigenvalue weighted by Gasteiger charge is -2.43. The van der Waals surface area contributed by atoms with Crippen molar-refractivity contribution in [2.24, 2.45) is 0 Å². The number of piperidine rings is 1. The van der Waals surface area contributed by atoms with Crippen molar-refractivity contribution in [2.45, 2.75) is 44.3 Å². The van der Waals surface area contributed by atoms with Crippen LogP contribution in [0.25, 0.3) is 0 Å². The van der Waals surface area contributed by atoms with E-state index in [0.717, 1.165) is 0 Å². The number of halogens is 1. The van der Waals surface area contributed by atoms with Gasteiger partial charge in [0, 0.05) is 13.1 Å². The fraction of sp³-hybridized carbons (Fsp3) is 0.588. The van der Waals surface area contributed by atoms with E-state index in [1.54, 1.807) is 39.0 Å². The molecular weight excluding hydrogens is 348 g/mol. The average molecular weight is 371 g/mol. The lowest BCUT2D eigenvalue weighted by molar-refractivity contribution is -0.156. The molecule has 0 saturated carbocycles. The third-order valence-electron chi connectivity index (χ3n) is 4.06. The van der Waals surface area contributed by atoms with Gasteiger partial charge in [0.2, 0.25) is 0 Å². The van der Waals surface area contributed by atoms with E-state index in [1.807, 2.05) is 0 Å². The highest BCUT2D eigenvalue weighted by atomic mass is 35.5. The number of carbonyl (C=O) groups is 2. The topological polar surface area (TPSA) is 89.0 Å². The summed E-state index contributed by atoms with van der Waals surface area (Å²) in [5, 5.41) is 10.8. The Labute approximate surface area is 151 Å². The van der Waals surface area contributed by atoms with Gasteiger partial charge in [0.05, 0.1) is 18.9 Å². The van der Waals surface area contributed by atoms with E-state index in [9.17, 15) is 14.7 Å². The van der Waals surface area contributed by atoms with Crippen molar-refractivity contribution in [3.8, 4) is 0 Å². The second-order valence-corrected chi connectivity index (χ2v) is 7.40. The Kier molecular flexibility index (Phi) is 5.58. The van der Waals surface area contributed by atoms with Crippen LogP contribution in [0.15, 0.2) is 18.2 Å². The molecule has 1 aliphatic rings. The minimum absolute atomic E-state index is 0.108. The Balaban J connectivity index is 2.43. The molecule has 0 aliphatic carbocycles. The van der Waals surface area contributed by atoms with Gasteiger partial charge in [-0.3, -0.25) is 4.79 Å². The monoisotopic (exact) mass is 370 g/mol. The number of ether oxygens (including phenoxy) is 2. The van der Waals surface area contributed by atoms with Crippen LogP contribution < -0.4 is 0 Å². The third kappa shape index (κ3) is 4.04. The van der Waals surface area contributed by atoms with Crippen LogP contribution in [0, 0.1) is 0 Å². The number of hydrogen-bond acceptors (Lipinski definition) is 6. The van der Waals surface area contributed by atoms with Gasteiger partial charge >= 0.3 is 12.1 Å². The van der Waals surface area contributed by atoms with Crippen molar-refractivity contribution in [2.75, 3.05) is 20.2 Å². The standard InChI is InChI=1S/C17H23ClN2O5/c1-16(2,3)25-15(23)20-9-8-12(21)17(10-20,14(22)24-4)11-6-5-7-13(18)19-11/h5-7,12,21H,8-10H2,1-4H3. The molecule has 0 aromatic carbocycles. The number of hydrogen-bond donors (Lipinski definition) is 1. The molecule has 138 valence electrons. The molecule has 1 aliphatic heterocycles. The molecule has 1 amide bonds. The van der Waals surface area contributed by atoms with E-state index in [-0.39, 0.29) is 30.4 Å². The number of amides is 1. The van der Waals surface area contributed by atoms with Crippen LogP contribution in [0.4, 0.5) is 4.79 Å². The molecule has 8 heteroatoms. The minimum atomic E-state index is -1.52. The van der Waals surface area contributed by atoms with Crippen LogP contribution in [0.3, 0.4) is 0 Å². The maximum Gasteiger partial charge on any atom is 0.410 e. The first kappa shape index (κ1) is 19.5. The Morgan fingerprint density at radius 2 is 2.08 bits per heavy atom. The van der Waals surface area contributed by atoms with Crippen molar-refractivity contribution in [1.82, 2.24) is 9.88 Å².